The Balaban J connectivity index is 1.26. The van der Waals surface area contributed by atoms with E-state index in [1.54, 1.807) is 30.2 Å². The van der Waals surface area contributed by atoms with Crippen molar-refractivity contribution in [3.8, 4) is 17.0 Å². The first-order valence-corrected chi connectivity index (χ1v) is 12.4. The number of aryl methyl sites for hydroxylation is 2. The highest BCUT2D eigenvalue weighted by Gasteiger charge is 2.57. The number of alkyl halides is 3. The minimum atomic E-state index is -4.88. The molecule has 4 heterocycles. The highest BCUT2D eigenvalue weighted by molar-refractivity contribution is 6.10. The van der Waals surface area contributed by atoms with Crippen molar-refractivity contribution >= 4 is 17.8 Å². The normalized spacial score (nSPS) is 22.2. The Kier molecular flexibility index (Phi) is 5.82. The second kappa shape index (κ2) is 9.03. The Morgan fingerprint density at radius 2 is 2.00 bits per heavy atom. The fourth-order valence-electron chi connectivity index (χ4n) is 5.50. The van der Waals surface area contributed by atoms with Crippen LogP contribution in [0.25, 0.3) is 11.3 Å². The molecule has 1 aromatic carbocycles. The number of amides is 4. The van der Waals surface area contributed by atoms with Crippen molar-refractivity contribution in [1.82, 2.24) is 29.9 Å². The van der Waals surface area contributed by atoms with Crippen LogP contribution in [0.4, 0.5) is 22.4 Å². The molecule has 4 amide bonds. The molecule has 1 aliphatic carbocycles. The maximum absolute atomic E-state index is 13.9. The lowest BCUT2D eigenvalue weighted by Gasteiger charge is -2.31. The third-order valence-electron chi connectivity index (χ3n) is 7.52. The summed E-state index contributed by atoms with van der Waals surface area (Å²) < 4.78 is 62.5. The van der Waals surface area contributed by atoms with Crippen LogP contribution in [-0.2, 0) is 35.1 Å². The maximum Gasteiger partial charge on any atom is 0.412 e. The number of benzene rings is 1. The average Bonchev–Trinajstić information content (AvgIpc) is 3.51. The number of aromatic nitrogens is 3. The Morgan fingerprint density at radius 3 is 2.73 bits per heavy atom. The summed E-state index contributed by atoms with van der Waals surface area (Å²) in [5.74, 6) is -2.58. The lowest BCUT2D eigenvalue weighted by molar-refractivity contribution is -0.195. The first-order chi connectivity index (χ1) is 19.0. The zero-order chi connectivity index (χ0) is 28.4. The van der Waals surface area contributed by atoms with Gasteiger partial charge in [-0.15, -0.1) is 0 Å². The summed E-state index contributed by atoms with van der Waals surface area (Å²) in [7, 11) is 1.76. The fraction of sp³-hybridized carbons (Fsp3) is 0.346. The van der Waals surface area contributed by atoms with Crippen LogP contribution in [0.15, 0.2) is 42.9 Å². The van der Waals surface area contributed by atoms with Gasteiger partial charge in [0, 0.05) is 36.1 Å². The number of halogens is 4. The van der Waals surface area contributed by atoms with Crippen molar-refractivity contribution in [3.05, 3.63) is 65.4 Å². The minimum absolute atomic E-state index is 0.0145. The molecule has 2 aromatic heterocycles. The summed E-state index contributed by atoms with van der Waals surface area (Å²) in [5.41, 5.74) is 1.20. The molecule has 1 spiro atoms. The van der Waals surface area contributed by atoms with E-state index in [0.29, 0.717) is 27.5 Å². The number of nitrogens with one attached hydrogen (secondary N) is 1. The van der Waals surface area contributed by atoms with E-state index < -0.39 is 61.1 Å². The molecule has 1 unspecified atom stereocenters. The third kappa shape index (κ3) is 4.14. The standard InChI is InChI=1S/C26H22F4N6O4/c1-34-10-16(8-32-34)19-7-14-4-5-25(18(14)9-31-19)23(38)36(24(39)33-25)12-22(37)35-11-15-6-17(27)2-3-20(15)40-13-21(35)26(28,29)30/h2-3,6-10,21H,4-5,11-13H2,1H3,(H,33,39)/t21-,25?/m0/s1. The number of urea groups is 1. The molecule has 14 heteroatoms. The molecular formula is C26H22F4N6O4. The van der Waals surface area contributed by atoms with Crippen molar-refractivity contribution in [2.45, 2.75) is 37.1 Å². The number of carbonyl (C=O) groups is 3. The number of hydrogen-bond donors (Lipinski definition) is 1. The summed E-state index contributed by atoms with van der Waals surface area (Å²) in [4.78, 5) is 45.4. The summed E-state index contributed by atoms with van der Waals surface area (Å²) >= 11 is 0. The average molecular weight is 558 g/mol. The Labute approximate surface area is 224 Å². The summed E-state index contributed by atoms with van der Waals surface area (Å²) in [5, 5.41) is 6.77. The molecule has 1 N–H and O–H groups in total. The highest BCUT2D eigenvalue weighted by atomic mass is 19.4. The van der Waals surface area contributed by atoms with Gasteiger partial charge in [-0.3, -0.25) is 24.2 Å². The molecule has 1 fully saturated rings. The summed E-state index contributed by atoms with van der Waals surface area (Å²) in [6, 6.07) is 1.75. The van der Waals surface area contributed by atoms with Gasteiger partial charge in [-0.2, -0.15) is 18.3 Å². The largest absolute Gasteiger partial charge is 0.491 e. The molecule has 0 saturated carbocycles. The van der Waals surface area contributed by atoms with E-state index in [1.807, 2.05) is 0 Å². The SMILES string of the molecule is Cn1cc(-c2cc3c(cn2)C2(CC3)NC(=O)N(CC(=O)N3Cc4cc(F)ccc4OC[C@H]3C(F)(F)F)C2=O)cn1. The molecule has 0 radical (unpaired) electrons. The van der Waals surface area contributed by atoms with Crippen LogP contribution in [0.3, 0.4) is 0 Å². The molecule has 10 nitrogen and oxygen atoms in total. The smallest absolute Gasteiger partial charge is 0.412 e. The highest BCUT2D eigenvalue weighted by Crippen LogP contribution is 2.42. The van der Waals surface area contributed by atoms with E-state index in [4.69, 9.17) is 4.74 Å². The van der Waals surface area contributed by atoms with Crippen LogP contribution in [-0.4, -0.2) is 67.8 Å². The summed E-state index contributed by atoms with van der Waals surface area (Å²) in [6.45, 7) is -2.47. The molecule has 0 bridgehead atoms. The third-order valence-corrected chi connectivity index (χ3v) is 7.52. The topological polar surface area (TPSA) is 110 Å². The molecular weight excluding hydrogens is 536 g/mol. The lowest BCUT2D eigenvalue weighted by Crippen LogP contribution is -2.53. The number of nitrogens with zero attached hydrogens (tertiary/aromatic N) is 5. The number of ether oxygens (including phenoxy) is 1. The monoisotopic (exact) mass is 558 g/mol. The van der Waals surface area contributed by atoms with E-state index in [0.717, 1.165) is 23.3 Å². The van der Waals surface area contributed by atoms with Gasteiger partial charge in [0.15, 0.2) is 6.04 Å². The number of carbonyl (C=O) groups excluding carboxylic acids is 3. The Bertz CT molecular complexity index is 1560. The van der Waals surface area contributed by atoms with Gasteiger partial charge < -0.3 is 15.0 Å². The van der Waals surface area contributed by atoms with E-state index in [2.05, 4.69) is 15.4 Å². The van der Waals surface area contributed by atoms with Gasteiger partial charge in [0.25, 0.3) is 5.91 Å². The van der Waals surface area contributed by atoms with Gasteiger partial charge in [0.05, 0.1) is 18.4 Å². The van der Waals surface area contributed by atoms with Crippen LogP contribution in [0.2, 0.25) is 0 Å². The molecule has 40 heavy (non-hydrogen) atoms. The molecule has 3 aliphatic rings. The molecule has 2 atom stereocenters. The zero-order valence-corrected chi connectivity index (χ0v) is 21.0. The molecule has 6 rings (SSSR count). The molecule has 3 aromatic rings. The predicted molar refractivity (Wildman–Crippen MR) is 129 cm³/mol. The Hall–Kier alpha value is -4.49. The van der Waals surface area contributed by atoms with Crippen molar-refractivity contribution in [2.75, 3.05) is 13.2 Å². The maximum atomic E-state index is 13.9. The Morgan fingerprint density at radius 1 is 1.20 bits per heavy atom. The lowest BCUT2D eigenvalue weighted by atomic mass is 9.92. The number of imide groups is 1. The number of rotatable bonds is 3. The van der Waals surface area contributed by atoms with Crippen molar-refractivity contribution < 1.29 is 36.7 Å². The van der Waals surface area contributed by atoms with Crippen LogP contribution in [0.1, 0.15) is 23.1 Å². The number of fused-ring (bicyclic) bond motifs is 3. The van der Waals surface area contributed by atoms with E-state index >= 15 is 0 Å². The van der Waals surface area contributed by atoms with Gasteiger partial charge in [-0.25, -0.2) is 9.18 Å². The van der Waals surface area contributed by atoms with Crippen LogP contribution < -0.4 is 10.1 Å². The second-order valence-electron chi connectivity index (χ2n) is 10.00. The fourth-order valence-corrected chi connectivity index (χ4v) is 5.50. The van der Waals surface area contributed by atoms with Gasteiger partial charge in [0.1, 0.15) is 30.3 Å². The van der Waals surface area contributed by atoms with E-state index in [-0.39, 0.29) is 17.7 Å². The van der Waals surface area contributed by atoms with Crippen molar-refractivity contribution in [2.24, 2.45) is 7.05 Å². The van der Waals surface area contributed by atoms with Crippen LogP contribution >= 0.6 is 0 Å². The van der Waals surface area contributed by atoms with Gasteiger partial charge in [0.2, 0.25) is 5.91 Å². The van der Waals surface area contributed by atoms with Crippen LogP contribution in [0.5, 0.6) is 5.75 Å². The predicted octanol–water partition coefficient (Wildman–Crippen LogP) is 2.67. The number of hydrogen-bond acceptors (Lipinski definition) is 6. The summed E-state index contributed by atoms with van der Waals surface area (Å²) in [6.07, 6.45) is 0.669. The van der Waals surface area contributed by atoms with Crippen LogP contribution in [0, 0.1) is 5.82 Å². The first-order valence-electron chi connectivity index (χ1n) is 12.4. The molecule has 2 aliphatic heterocycles. The zero-order valence-electron chi connectivity index (χ0n) is 21.0. The number of pyridine rings is 1. The quantitative estimate of drug-likeness (QED) is 0.391. The minimum Gasteiger partial charge on any atom is -0.491 e. The van der Waals surface area contributed by atoms with Gasteiger partial charge >= 0.3 is 12.2 Å². The van der Waals surface area contributed by atoms with Gasteiger partial charge in [-0.1, -0.05) is 0 Å². The first kappa shape index (κ1) is 25.8. The van der Waals surface area contributed by atoms with Gasteiger partial charge in [-0.05, 0) is 42.7 Å². The second-order valence-corrected chi connectivity index (χ2v) is 10.00. The van der Waals surface area contributed by atoms with Crippen molar-refractivity contribution in [1.29, 1.82) is 0 Å². The molecule has 208 valence electrons. The van der Waals surface area contributed by atoms with E-state index in [9.17, 15) is 31.9 Å². The van der Waals surface area contributed by atoms with E-state index in [1.165, 1.54) is 12.3 Å². The molecule has 1 saturated heterocycles. The van der Waals surface area contributed by atoms with Crippen molar-refractivity contribution in [3.63, 3.8) is 0 Å².